The molecule has 0 saturated carbocycles. The summed E-state index contributed by atoms with van der Waals surface area (Å²) in [6, 6.07) is 3.98. The molecule has 28 heavy (non-hydrogen) atoms. The van der Waals surface area contributed by atoms with E-state index in [2.05, 4.69) is 15.7 Å². The van der Waals surface area contributed by atoms with Crippen molar-refractivity contribution in [3.8, 4) is 5.69 Å². The van der Waals surface area contributed by atoms with E-state index in [-0.39, 0.29) is 17.3 Å². The van der Waals surface area contributed by atoms with Crippen LogP contribution in [0.15, 0.2) is 36.7 Å². The average Bonchev–Trinajstić information content (AvgIpc) is 3.27. The molecular weight excluding hydrogens is 375 g/mol. The van der Waals surface area contributed by atoms with Crippen molar-refractivity contribution in [2.75, 3.05) is 18.4 Å². The van der Waals surface area contributed by atoms with Crippen molar-refractivity contribution in [2.45, 2.75) is 32.0 Å². The van der Waals surface area contributed by atoms with Crippen molar-refractivity contribution < 1.29 is 22.8 Å². The van der Waals surface area contributed by atoms with Gasteiger partial charge >= 0.3 is 12.2 Å². The van der Waals surface area contributed by atoms with Gasteiger partial charge in [0.05, 0.1) is 16.9 Å². The van der Waals surface area contributed by atoms with E-state index < -0.39 is 23.8 Å². The van der Waals surface area contributed by atoms with E-state index in [0.29, 0.717) is 19.5 Å². The summed E-state index contributed by atoms with van der Waals surface area (Å²) < 4.78 is 41.7. The summed E-state index contributed by atoms with van der Waals surface area (Å²) in [6.07, 6.45) is -0.416. The van der Waals surface area contributed by atoms with Crippen molar-refractivity contribution in [1.29, 1.82) is 0 Å². The molecule has 0 bridgehead atoms. The maximum absolute atomic E-state index is 13.5. The average molecular weight is 395 g/mol. The van der Waals surface area contributed by atoms with Crippen LogP contribution in [0, 0.1) is 0 Å². The molecule has 1 unspecified atom stereocenters. The molecule has 0 radical (unpaired) electrons. The molecule has 2 heterocycles. The summed E-state index contributed by atoms with van der Waals surface area (Å²) in [6.45, 7) is 2.63. The lowest BCUT2D eigenvalue weighted by atomic mass is 10.1. The van der Waals surface area contributed by atoms with Gasteiger partial charge in [0.1, 0.15) is 0 Å². The predicted octanol–water partition coefficient (Wildman–Crippen LogP) is 3.02. The number of rotatable bonds is 5. The number of likely N-dealkylation sites (tertiary alicyclic amines) is 1. The summed E-state index contributed by atoms with van der Waals surface area (Å²) in [5.74, 6) is 0.0163. The van der Waals surface area contributed by atoms with Crippen LogP contribution in [-0.2, 0) is 11.0 Å². The molecule has 3 rings (SSSR count). The fraction of sp³-hybridized carbons (Fsp3) is 0.389. The number of hydrogen-bond donors (Lipinski definition) is 2. The van der Waals surface area contributed by atoms with Crippen LogP contribution in [-0.4, -0.2) is 45.8 Å². The standard InChI is InChI=1S/C18H20F3N5O2/c1-12(11-25-8-2-4-16(25)27)23-17(28)24-15-6-5-13(26-9-3-7-22-26)10-14(15)18(19,20)21/h3,5-7,9-10,12H,2,4,8,11H2,1H3,(H2,23,24,28). The molecule has 1 aliphatic rings. The van der Waals surface area contributed by atoms with Gasteiger partial charge in [0.25, 0.3) is 0 Å². The molecule has 7 nitrogen and oxygen atoms in total. The number of nitrogens with one attached hydrogen (secondary N) is 2. The van der Waals surface area contributed by atoms with Crippen LogP contribution in [0.25, 0.3) is 5.69 Å². The van der Waals surface area contributed by atoms with Gasteiger partial charge in [-0.1, -0.05) is 0 Å². The fourth-order valence-corrected chi connectivity index (χ4v) is 3.10. The minimum Gasteiger partial charge on any atom is -0.341 e. The molecule has 0 spiro atoms. The summed E-state index contributed by atoms with van der Waals surface area (Å²) in [4.78, 5) is 25.4. The molecule has 3 amide bonds. The van der Waals surface area contributed by atoms with Crippen LogP contribution in [0.3, 0.4) is 0 Å². The highest BCUT2D eigenvalue weighted by Crippen LogP contribution is 2.36. The number of aromatic nitrogens is 2. The molecule has 150 valence electrons. The summed E-state index contributed by atoms with van der Waals surface area (Å²) in [7, 11) is 0. The van der Waals surface area contributed by atoms with E-state index in [9.17, 15) is 22.8 Å². The van der Waals surface area contributed by atoms with Gasteiger partial charge in [-0.05, 0) is 37.6 Å². The minimum absolute atomic E-state index is 0.0163. The molecule has 1 aromatic heterocycles. The second kappa shape index (κ2) is 7.91. The first kappa shape index (κ1) is 19.7. The van der Waals surface area contributed by atoms with Crippen molar-refractivity contribution in [2.24, 2.45) is 0 Å². The minimum atomic E-state index is -4.65. The third kappa shape index (κ3) is 4.62. The lowest BCUT2D eigenvalue weighted by Crippen LogP contribution is -2.44. The molecule has 1 saturated heterocycles. The van der Waals surface area contributed by atoms with Crippen LogP contribution in [0.5, 0.6) is 0 Å². The Kier molecular flexibility index (Phi) is 5.57. The van der Waals surface area contributed by atoms with E-state index in [4.69, 9.17) is 0 Å². The Morgan fingerprint density at radius 2 is 2.14 bits per heavy atom. The number of carbonyl (C=O) groups excluding carboxylic acids is 2. The predicted molar refractivity (Wildman–Crippen MR) is 96.0 cm³/mol. The molecule has 0 aliphatic carbocycles. The quantitative estimate of drug-likeness (QED) is 0.817. The summed E-state index contributed by atoms with van der Waals surface area (Å²) >= 11 is 0. The van der Waals surface area contributed by atoms with E-state index in [1.165, 1.54) is 29.2 Å². The molecule has 1 fully saturated rings. The van der Waals surface area contributed by atoms with Gasteiger partial charge in [-0.3, -0.25) is 4.79 Å². The van der Waals surface area contributed by atoms with Crippen LogP contribution in [0.1, 0.15) is 25.3 Å². The zero-order valence-electron chi connectivity index (χ0n) is 15.2. The van der Waals surface area contributed by atoms with E-state index in [0.717, 1.165) is 12.5 Å². The lowest BCUT2D eigenvalue weighted by molar-refractivity contribution is -0.137. The van der Waals surface area contributed by atoms with Crippen molar-refractivity contribution in [3.05, 3.63) is 42.2 Å². The first-order chi connectivity index (χ1) is 13.2. The number of anilines is 1. The highest BCUT2D eigenvalue weighted by Gasteiger charge is 2.34. The zero-order chi connectivity index (χ0) is 20.3. The Balaban J connectivity index is 1.70. The normalized spacial score (nSPS) is 15.6. The Labute approximate surface area is 159 Å². The fourth-order valence-electron chi connectivity index (χ4n) is 3.10. The number of alkyl halides is 3. The number of amides is 3. The second-order valence-corrected chi connectivity index (χ2v) is 6.62. The Morgan fingerprint density at radius 1 is 1.36 bits per heavy atom. The third-order valence-corrected chi connectivity index (χ3v) is 4.37. The zero-order valence-corrected chi connectivity index (χ0v) is 15.2. The number of hydrogen-bond acceptors (Lipinski definition) is 3. The Morgan fingerprint density at radius 3 is 2.75 bits per heavy atom. The second-order valence-electron chi connectivity index (χ2n) is 6.62. The highest BCUT2D eigenvalue weighted by molar-refractivity contribution is 5.90. The van der Waals surface area contributed by atoms with Gasteiger partial charge < -0.3 is 15.5 Å². The maximum atomic E-state index is 13.5. The summed E-state index contributed by atoms with van der Waals surface area (Å²) in [5, 5.41) is 8.73. The van der Waals surface area contributed by atoms with Crippen LogP contribution < -0.4 is 10.6 Å². The van der Waals surface area contributed by atoms with Gasteiger partial charge in [0.15, 0.2) is 0 Å². The van der Waals surface area contributed by atoms with Crippen molar-refractivity contribution in [1.82, 2.24) is 20.0 Å². The largest absolute Gasteiger partial charge is 0.418 e. The number of nitrogens with zero attached hydrogens (tertiary/aromatic N) is 3. The number of carbonyl (C=O) groups is 2. The topological polar surface area (TPSA) is 79.3 Å². The smallest absolute Gasteiger partial charge is 0.341 e. The molecule has 2 N–H and O–H groups in total. The van der Waals surface area contributed by atoms with E-state index in [1.54, 1.807) is 17.9 Å². The maximum Gasteiger partial charge on any atom is 0.418 e. The highest BCUT2D eigenvalue weighted by atomic mass is 19.4. The number of urea groups is 1. The van der Waals surface area contributed by atoms with E-state index >= 15 is 0 Å². The van der Waals surface area contributed by atoms with Crippen molar-refractivity contribution >= 4 is 17.6 Å². The van der Waals surface area contributed by atoms with Gasteiger partial charge in [0.2, 0.25) is 5.91 Å². The SMILES string of the molecule is CC(CN1CCCC1=O)NC(=O)Nc1ccc(-n2cccn2)cc1C(F)(F)F. The molecule has 2 aromatic rings. The first-order valence-corrected chi connectivity index (χ1v) is 8.80. The van der Waals surface area contributed by atoms with Crippen LogP contribution >= 0.6 is 0 Å². The Hall–Kier alpha value is -3.04. The van der Waals surface area contributed by atoms with Crippen LogP contribution in [0.4, 0.5) is 23.7 Å². The van der Waals surface area contributed by atoms with Crippen molar-refractivity contribution in [3.63, 3.8) is 0 Å². The lowest BCUT2D eigenvalue weighted by Gasteiger charge is -2.22. The Bertz CT molecular complexity index is 851. The van der Waals surface area contributed by atoms with Gasteiger partial charge in [0, 0.05) is 37.9 Å². The first-order valence-electron chi connectivity index (χ1n) is 8.80. The molecular formula is C18H20F3N5O2. The van der Waals surface area contributed by atoms with Gasteiger partial charge in [-0.15, -0.1) is 0 Å². The van der Waals surface area contributed by atoms with Gasteiger partial charge in [-0.2, -0.15) is 18.3 Å². The molecule has 1 atom stereocenters. The third-order valence-electron chi connectivity index (χ3n) is 4.37. The summed E-state index contributed by atoms with van der Waals surface area (Å²) in [5.41, 5.74) is -1.10. The van der Waals surface area contributed by atoms with Gasteiger partial charge in [-0.25, -0.2) is 9.48 Å². The molecule has 1 aromatic carbocycles. The van der Waals surface area contributed by atoms with Crippen LogP contribution in [0.2, 0.25) is 0 Å². The molecule has 1 aliphatic heterocycles. The molecule has 10 heteroatoms. The monoisotopic (exact) mass is 395 g/mol. The van der Waals surface area contributed by atoms with E-state index in [1.807, 2.05) is 0 Å². The number of halogens is 3. The number of benzene rings is 1.